The van der Waals surface area contributed by atoms with E-state index in [-0.39, 0.29) is 6.61 Å². The van der Waals surface area contributed by atoms with Crippen LogP contribution in [0.1, 0.15) is 31.1 Å². The lowest BCUT2D eigenvalue weighted by Crippen LogP contribution is -2.00. The van der Waals surface area contributed by atoms with Gasteiger partial charge in [0.1, 0.15) is 5.75 Å². The predicted molar refractivity (Wildman–Crippen MR) is 71.5 cm³/mol. The smallest absolute Gasteiger partial charge is 0.264 e. The van der Waals surface area contributed by atoms with Crippen LogP contribution in [-0.2, 0) is 19.6 Å². The second kappa shape index (κ2) is 6.33. The second-order valence-corrected chi connectivity index (χ2v) is 4.84. The molecular weight excluding hydrogens is 242 g/mol. The Bertz CT molecular complexity index is 523. The largest absolute Gasteiger partial charge is 0.484 e. The van der Waals surface area contributed by atoms with Crippen LogP contribution in [-0.4, -0.2) is 10.1 Å². The number of nitrogens with two attached hydrogens (primary N) is 1. The lowest BCUT2D eigenvalue weighted by Gasteiger charge is -2.04. The van der Waals surface area contributed by atoms with Gasteiger partial charge >= 0.3 is 0 Å². The van der Waals surface area contributed by atoms with Gasteiger partial charge in [-0.1, -0.05) is 31.1 Å². The molecule has 5 nitrogen and oxygen atoms in total. The Morgan fingerprint density at radius 1 is 1.37 bits per heavy atom. The number of ether oxygens (including phenoxy) is 1. The maximum atomic E-state index is 5.60. The fraction of sp³-hybridized carbons (Fsp3) is 0.429. The van der Waals surface area contributed by atoms with Gasteiger partial charge < -0.3 is 15.0 Å². The highest BCUT2D eigenvalue weighted by atomic mass is 16.5. The van der Waals surface area contributed by atoms with Crippen molar-refractivity contribution in [2.75, 3.05) is 0 Å². The van der Waals surface area contributed by atoms with Crippen LogP contribution in [0.3, 0.4) is 0 Å². The molecule has 0 amide bonds. The van der Waals surface area contributed by atoms with Crippen molar-refractivity contribution >= 4 is 0 Å². The molecule has 5 heteroatoms. The summed E-state index contributed by atoms with van der Waals surface area (Å²) in [6, 6.07) is 7.66. The molecule has 0 spiro atoms. The normalized spacial score (nSPS) is 10.9. The molecule has 2 rings (SSSR count). The summed E-state index contributed by atoms with van der Waals surface area (Å²) in [6.45, 7) is 5.01. The average molecular weight is 261 g/mol. The zero-order valence-corrected chi connectivity index (χ0v) is 11.3. The first-order chi connectivity index (χ1) is 9.17. The monoisotopic (exact) mass is 261 g/mol. The van der Waals surface area contributed by atoms with Crippen LogP contribution >= 0.6 is 0 Å². The molecule has 0 saturated carbocycles. The maximum Gasteiger partial charge on any atom is 0.264 e. The lowest BCUT2D eigenvalue weighted by atomic mass is 10.1. The molecule has 0 bridgehead atoms. The van der Waals surface area contributed by atoms with E-state index in [0.29, 0.717) is 18.4 Å². The summed E-state index contributed by atoms with van der Waals surface area (Å²) in [4.78, 5) is 4.28. The van der Waals surface area contributed by atoms with E-state index >= 15 is 0 Å². The standard InChI is InChI=1S/C14H19N3O2/c1-10(2)6-13-16-14(19-17-13)9-18-12-5-3-4-11(7-12)8-15/h3-5,7,10H,6,8-9,15H2,1-2H3. The summed E-state index contributed by atoms with van der Waals surface area (Å²) in [5.74, 6) is 2.48. The Balaban J connectivity index is 1.92. The molecule has 0 atom stereocenters. The molecule has 1 heterocycles. The summed E-state index contributed by atoms with van der Waals surface area (Å²) in [6.07, 6.45) is 0.812. The van der Waals surface area contributed by atoms with Crippen LogP contribution in [0.2, 0.25) is 0 Å². The van der Waals surface area contributed by atoms with Crippen LogP contribution < -0.4 is 10.5 Å². The molecule has 19 heavy (non-hydrogen) atoms. The van der Waals surface area contributed by atoms with E-state index in [1.807, 2.05) is 24.3 Å². The van der Waals surface area contributed by atoms with Crippen LogP contribution in [0.25, 0.3) is 0 Å². The predicted octanol–water partition coefficient (Wildman–Crippen LogP) is 2.31. The van der Waals surface area contributed by atoms with Gasteiger partial charge in [0.2, 0.25) is 0 Å². The van der Waals surface area contributed by atoms with Crippen LogP contribution in [0.5, 0.6) is 5.75 Å². The van der Waals surface area contributed by atoms with Crippen molar-refractivity contribution in [3.8, 4) is 5.75 Å². The molecule has 102 valence electrons. The zero-order valence-electron chi connectivity index (χ0n) is 11.3. The van der Waals surface area contributed by atoms with Crippen LogP contribution in [0.15, 0.2) is 28.8 Å². The van der Waals surface area contributed by atoms with Gasteiger partial charge in [-0.15, -0.1) is 0 Å². The fourth-order valence-electron chi connectivity index (χ4n) is 1.70. The third kappa shape index (κ3) is 4.06. The van der Waals surface area contributed by atoms with Gasteiger partial charge in [0.25, 0.3) is 5.89 Å². The van der Waals surface area contributed by atoms with Crippen molar-refractivity contribution in [1.29, 1.82) is 0 Å². The minimum atomic E-state index is 0.277. The van der Waals surface area contributed by atoms with E-state index in [1.54, 1.807) is 0 Å². The number of hydrogen-bond acceptors (Lipinski definition) is 5. The first kappa shape index (κ1) is 13.5. The quantitative estimate of drug-likeness (QED) is 0.863. The third-order valence-electron chi connectivity index (χ3n) is 2.60. The number of hydrogen-bond donors (Lipinski definition) is 1. The Morgan fingerprint density at radius 3 is 2.95 bits per heavy atom. The van der Waals surface area contributed by atoms with Gasteiger partial charge in [-0.3, -0.25) is 0 Å². The third-order valence-corrected chi connectivity index (χ3v) is 2.60. The van der Waals surface area contributed by atoms with E-state index in [4.69, 9.17) is 15.0 Å². The number of benzene rings is 1. The molecule has 2 N–H and O–H groups in total. The molecule has 0 radical (unpaired) electrons. The molecule has 0 fully saturated rings. The maximum absolute atomic E-state index is 5.60. The SMILES string of the molecule is CC(C)Cc1noc(COc2cccc(CN)c2)n1. The highest BCUT2D eigenvalue weighted by Crippen LogP contribution is 2.14. The lowest BCUT2D eigenvalue weighted by molar-refractivity contribution is 0.242. The van der Waals surface area contributed by atoms with E-state index in [9.17, 15) is 0 Å². The van der Waals surface area contributed by atoms with Crippen molar-refractivity contribution < 1.29 is 9.26 Å². The fourth-order valence-corrected chi connectivity index (χ4v) is 1.70. The summed E-state index contributed by atoms with van der Waals surface area (Å²) in [5, 5.41) is 3.92. The van der Waals surface area contributed by atoms with Crippen LogP contribution in [0, 0.1) is 5.92 Å². The molecule has 0 saturated heterocycles. The van der Waals surface area contributed by atoms with Gasteiger partial charge in [0.05, 0.1) is 0 Å². The van der Waals surface area contributed by atoms with Crippen molar-refractivity contribution in [2.24, 2.45) is 11.7 Å². The Hall–Kier alpha value is -1.88. The summed E-state index contributed by atoms with van der Waals surface area (Å²) < 4.78 is 10.7. The number of nitrogens with zero attached hydrogens (tertiary/aromatic N) is 2. The Morgan fingerprint density at radius 2 is 2.21 bits per heavy atom. The van der Waals surface area contributed by atoms with Gasteiger partial charge in [-0.25, -0.2) is 0 Å². The number of rotatable bonds is 6. The average Bonchev–Trinajstić information content (AvgIpc) is 2.83. The molecule has 1 aromatic carbocycles. The minimum absolute atomic E-state index is 0.277. The second-order valence-electron chi connectivity index (χ2n) is 4.84. The van der Waals surface area contributed by atoms with Gasteiger partial charge in [-0.05, 0) is 23.6 Å². The van der Waals surface area contributed by atoms with Crippen LogP contribution in [0.4, 0.5) is 0 Å². The first-order valence-electron chi connectivity index (χ1n) is 6.40. The molecule has 2 aromatic rings. The summed E-state index contributed by atoms with van der Waals surface area (Å²) in [7, 11) is 0. The molecule has 0 unspecified atom stereocenters. The summed E-state index contributed by atoms with van der Waals surface area (Å²) >= 11 is 0. The molecular formula is C14H19N3O2. The first-order valence-corrected chi connectivity index (χ1v) is 6.40. The van der Waals surface area contributed by atoms with Gasteiger partial charge in [0.15, 0.2) is 12.4 Å². The highest BCUT2D eigenvalue weighted by Gasteiger charge is 2.08. The van der Waals surface area contributed by atoms with Crippen molar-refractivity contribution in [3.05, 3.63) is 41.5 Å². The van der Waals surface area contributed by atoms with E-state index in [2.05, 4.69) is 24.0 Å². The molecule has 1 aromatic heterocycles. The highest BCUT2D eigenvalue weighted by molar-refractivity contribution is 5.28. The van der Waals surface area contributed by atoms with Gasteiger partial charge in [-0.2, -0.15) is 4.98 Å². The van der Waals surface area contributed by atoms with E-state index in [1.165, 1.54) is 0 Å². The van der Waals surface area contributed by atoms with E-state index < -0.39 is 0 Å². The van der Waals surface area contributed by atoms with E-state index in [0.717, 1.165) is 23.6 Å². The minimum Gasteiger partial charge on any atom is -0.484 e. The van der Waals surface area contributed by atoms with Crippen molar-refractivity contribution in [3.63, 3.8) is 0 Å². The Labute approximate surface area is 112 Å². The molecule has 0 aliphatic rings. The van der Waals surface area contributed by atoms with Crippen molar-refractivity contribution in [2.45, 2.75) is 33.4 Å². The molecule has 0 aliphatic carbocycles. The zero-order chi connectivity index (χ0) is 13.7. The topological polar surface area (TPSA) is 74.2 Å². The molecule has 0 aliphatic heterocycles. The number of aromatic nitrogens is 2. The van der Waals surface area contributed by atoms with Gasteiger partial charge in [0, 0.05) is 13.0 Å². The van der Waals surface area contributed by atoms with Crippen molar-refractivity contribution in [1.82, 2.24) is 10.1 Å². The Kier molecular flexibility index (Phi) is 4.52. The summed E-state index contributed by atoms with van der Waals surface area (Å²) in [5.41, 5.74) is 6.61.